The maximum absolute atomic E-state index is 13.2. The number of hydrogen-bond acceptors (Lipinski definition) is 6. The van der Waals surface area contributed by atoms with Gasteiger partial charge in [-0.3, -0.25) is 23.7 Å². The van der Waals surface area contributed by atoms with E-state index in [0.29, 0.717) is 16.7 Å². The van der Waals surface area contributed by atoms with Gasteiger partial charge in [-0.2, -0.15) is 0 Å². The van der Waals surface area contributed by atoms with Gasteiger partial charge in [-0.1, -0.05) is 23.2 Å². The molecule has 0 fully saturated rings. The second kappa shape index (κ2) is 10.5. The minimum Gasteiger partial charge on any atom is -0.466 e. The molecule has 0 saturated carbocycles. The highest BCUT2D eigenvalue weighted by Crippen LogP contribution is 2.30. The van der Waals surface area contributed by atoms with E-state index in [-0.39, 0.29) is 46.7 Å². The third kappa shape index (κ3) is 5.50. The fourth-order valence-corrected chi connectivity index (χ4v) is 3.80. The molecule has 0 unspecified atom stereocenters. The summed E-state index contributed by atoms with van der Waals surface area (Å²) >= 11 is 12.7. The largest absolute Gasteiger partial charge is 0.466 e. The Kier molecular flexibility index (Phi) is 7.67. The molecule has 9 nitrogen and oxygen atoms in total. The summed E-state index contributed by atoms with van der Waals surface area (Å²) in [5.41, 5.74) is 0.642. The van der Waals surface area contributed by atoms with Crippen molar-refractivity contribution in [1.82, 2.24) is 14.9 Å². The molecule has 3 rings (SSSR count). The summed E-state index contributed by atoms with van der Waals surface area (Å²) in [6.45, 7) is 3.39. The number of esters is 1. The lowest BCUT2D eigenvalue weighted by Crippen LogP contribution is -2.26. The minimum atomic E-state index is -0.519. The molecule has 2 heterocycles. The number of hydrogen-bond donors (Lipinski definition) is 2. The normalized spacial score (nSPS) is 10.7. The van der Waals surface area contributed by atoms with Crippen LogP contribution in [0.5, 0.6) is 0 Å². The summed E-state index contributed by atoms with van der Waals surface area (Å²) in [6, 6.07) is 5.91. The maximum atomic E-state index is 13.2. The molecule has 3 aromatic rings. The fourth-order valence-electron chi connectivity index (χ4n) is 3.15. The van der Waals surface area contributed by atoms with Crippen molar-refractivity contribution in [1.29, 1.82) is 0 Å². The predicted molar refractivity (Wildman–Crippen MR) is 124 cm³/mol. The molecule has 2 aromatic heterocycles. The van der Waals surface area contributed by atoms with Crippen LogP contribution in [0.1, 0.15) is 41.0 Å². The van der Waals surface area contributed by atoms with Crippen molar-refractivity contribution in [2.45, 2.75) is 20.3 Å². The first-order valence-corrected chi connectivity index (χ1v) is 10.7. The molecule has 0 atom stereocenters. The van der Waals surface area contributed by atoms with Crippen molar-refractivity contribution in [3.8, 4) is 0 Å². The van der Waals surface area contributed by atoms with Crippen molar-refractivity contribution in [3.05, 3.63) is 57.8 Å². The van der Waals surface area contributed by atoms with Crippen LogP contribution in [0.3, 0.4) is 0 Å². The highest BCUT2D eigenvalue weighted by molar-refractivity contribution is 6.40. The van der Waals surface area contributed by atoms with Gasteiger partial charge < -0.3 is 15.4 Å². The zero-order valence-electron chi connectivity index (χ0n) is 17.8. The highest BCUT2D eigenvalue weighted by Gasteiger charge is 2.22. The van der Waals surface area contributed by atoms with Gasteiger partial charge in [0, 0.05) is 36.8 Å². The number of rotatable bonds is 7. The standard InChI is InChI=1S/C22H20Cl2N4O5/c1-3-33-18(30)5-8-26-21(31)13-10-15(23)19(16(24)11-13)22(32)28-9-6-14-17(28)4-7-25-20(14)27-12(2)29/h4,6-7,9-11H,3,5,8H2,1-2H3,(H,26,31)(H,25,27,29). The summed E-state index contributed by atoms with van der Waals surface area (Å²) in [6.07, 6.45) is 3.00. The Bertz CT molecular complexity index is 1230. The molecule has 0 radical (unpaired) electrons. The zero-order valence-corrected chi connectivity index (χ0v) is 19.3. The summed E-state index contributed by atoms with van der Waals surface area (Å²) in [7, 11) is 0. The molecule has 33 heavy (non-hydrogen) atoms. The van der Waals surface area contributed by atoms with Crippen molar-refractivity contribution in [2.24, 2.45) is 0 Å². The number of carbonyl (C=O) groups is 4. The number of amides is 2. The van der Waals surface area contributed by atoms with Gasteiger partial charge in [-0.25, -0.2) is 4.98 Å². The molecule has 172 valence electrons. The van der Waals surface area contributed by atoms with Crippen LogP contribution < -0.4 is 10.6 Å². The summed E-state index contributed by atoms with van der Waals surface area (Å²) in [4.78, 5) is 52.5. The number of fused-ring (bicyclic) bond motifs is 1. The topological polar surface area (TPSA) is 119 Å². The van der Waals surface area contributed by atoms with Crippen molar-refractivity contribution < 1.29 is 23.9 Å². The van der Waals surface area contributed by atoms with E-state index in [2.05, 4.69) is 15.6 Å². The van der Waals surface area contributed by atoms with E-state index < -0.39 is 17.8 Å². The molecule has 0 saturated heterocycles. The number of pyridine rings is 1. The molecule has 0 bridgehead atoms. The molecule has 11 heteroatoms. The maximum Gasteiger partial charge on any atom is 0.307 e. The van der Waals surface area contributed by atoms with Crippen LogP contribution in [0.2, 0.25) is 10.0 Å². The molecular formula is C22H20Cl2N4O5. The summed E-state index contributed by atoms with van der Waals surface area (Å²) < 4.78 is 6.13. The van der Waals surface area contributed by atoms with Gasteiger partial charge in [0.1, 0.15) is 5.82 Å². The lowest BCUT2D eigenvalue weighted by atomic mass is 10.1. The van der Waals surface area contributed by atoms with Crippen molar-refractivity contribution in [2.75, 3.05) is 18.5 Å². The molecular weight excluding hydrogens is 471 g/mol. The van der Waals surface area contributed by atoms with Crippen LogP contribution in [0.15, 0.2) is 36.7 Å². The lowest BCUT2D eigenvalue weighted by molar-refractivity contribution is -0.142. The van der Waals surface area contributed by atoms with E-state index >= 15 is 0 Å². The summed E-state index contributed by atoms with van der Waals surface area (Å²) in [5.74, 6) is -1.42. The third-order valence-electron chi connectivity index (χ3n) is 4.57. The number of carbonyl (C=O) groups excluding carboxylic acids is 4. The van der Waals surface area contributed by atoms with Gasteiger partial charge >= 0.3 is 5.97 Å². The fraction of sp³-hybridized carbons (Fsp3) is 0.227. The van der Waals surface area contributed by atoms with Crippen LogP contribution in [-0.4, -0.2) is 46.4 Å². The number of nitrogens with zero attached hydrogens (tertiary/aromatic N) is 2. The van der Waals surface area contributed by atoms with E-state index in [1.807, 2.05) is 0 Å². The number of benzene rings is 1. The third-order valence-corrected chi connectivity index (χ3v) is 5.16. The molecule has 1 aromatic carbocycles. The number of anilines is 1. The average Bonchev–Trinajstić information content (AvgIpc) is 3.18. The van der Waals surface area contributed by atoms with Gasteiger partial charge in [-0.15, -0.1) is 0 Å². The zero-order chi connectivity index (χ0) is 24.1. The van der Waals surface area contributed by atoms with E-state index in [0.717, 1.165) is 0 Å². The van der Waals surface area contributed by atoms with Crippen molar-refractivity contribution in [3.63, 3.8) is 0 Å². The first-order chi connectivity index (χ1) is 15.7. The molecule has 2 N–H and O–H groups in total. The Balaban J connectivity index is 1.84. The smallest absolute Gasteiger partial charge is 0.307 e. The van der Waals surface area contributed by atoms with Gasteiger partial charge in [0.05, 0.1) is 34.2 Å². The lowest BCUT2D eigenvalue weighted by Gasteiger charge is -2.11. The Morgan fingerprint density at radius 1 is 1.12 bits per heavy atom. The number of ether oxygens (including phenoxy) is 1. The van der Waals surface area contributed by atoms with Gasteiger partial charge in [0.2, 0.25) is 5.91 Å². The van der Waals surface area contributed by atoms with Gasteiger partial charge in [-0.05, 0) is 31.2 Å². The van der Waals surface area contributed by atoms with Crippen LogP contribution in [-0.2, 0) is 14.3 Å². The van der Waals surface area contributed by atoms with Gasteiger partial charge in [0.25, 0.3) is 11.8 Å². The van der Waals surface area contributed by atoms with E-state index in [9.17, 15) is 19.2 Å². The van der Waals surface area contributed by atoms with Crippen molar-refractivity contribution >= 4 is 63.6 Å². The first kappa shape index (κ1) is 24.2. The minimum absolute atomic E-state index is 0.0109. The molecule has 0 spiro atoms. The SMILES string of the molecule is CCOC(=O)CCNC(=O)c1cc(Cl)c(C(=O)n2ccc3c(NC(C)=O)nccc32)c(Cl)c1. The van der Waals surface area contributed by atoms with E-state index in [1.54, 1.807) is 19.1 Å². The van der Waals surface area contributed by atoms with Gasteiger partial charge in [0.15, 0.2) is 0 Å². The van der Waals surface area contributed by atoms with E-state index in [1.165, 1.54) is 36.0 Å². The summed E-state index contributed by atoms with van der Waals surface area (Å²) in [5, 5.41) is 5.72. The monoisotopic (exact) mass is 490 g/mol. The number of halogens is 2. The molecule has 0 aliphatic carbocycles. The highest BCUT2D eigenvalue weighted by atomic mass is 35.5. The molecule has 2 amide bonds. The van der Waals surface area contributed by atoms with Crippen LogP contribution >= 0.6 is 23.2 Å². The average molecular weight is 491 g/mol. The predicted octanol–water partition coefficient (Wildman–Crippen LogP) is 3.67. The number of aromatic nitrogens is 2. The Morgan fingerprint density at radius 3 is 2.45 bits per heavy atom. The van der Waals surface area contributed by atoms with Crippen LogP contribution in [0, 0.1) is 0 Å². The van der Waals surface area contributed by atoms with E-state index in [4.69, 9.17) is 27.9 Å². The Labute approximate surface area is 199 Å². The first-order valence-electron chi connectivity index (χ1n) is 9.94. The quantitative estimate of drug-likeness (QED) is 0.487. The van der Waals surface area contributed by atoms with Crippen LogP contribution in [0.4, 0.5) is 5.82 Å². The van der Waals surface area contributed by atoms with Crippen LogP contribution in [0.25, 0.3) is 10.9 Å². The Morgan fingerprint density at radius 2 is 1.82 bits per heavy atom. The second-order valence-corrected chi connectivity index (χ2v) is 7.70. The second-order valence-electron chi connectivity index (χ2n) is 6.89. The molecule has 0 aliphatic heterocycles. The number of nitrogens with one attached hydrogen (secondary N) is 2. The molecule has 0 aliphatic rings. The Hall–Kier alpha value is -3.43.